The van der Waals surface area contributed by atoms with Crippen molar-refractivity contribution in [1.82, 2.24) is 4.90 Å². The molecule has 2 aromatic rings. The van der Waals surface area contributed by atoms with Crippen molar-refractivity contribution in [1.29, 1.82) is 0 Å². The van der Waals surface area contributed by atoms with Crippen molar-refractivity contribution in [2.75, 3.05) is 11.6 Å². The Hall–Kier alpha value is -3.14. The lowest BCUT2D eigenvalue weighted by atomic mass is 10.2. The number of rotatable bonds is 6. The Kier molecular flexibility index (Phi) is 5.22. The number of carboxylic acid groups (broad SMARTS) is 1. The number of nitrogens with two attached hydrogens (primary N) is 1. The minimum atomic E-state index is -4.11. The van der Waals surface area contributed by atoms with E-state index in [1.807, 2.05) is 0 Å². The maximum absolute atomic E-state index is 12.5. The van der Waals surface area contributed by atoms with Gasteiger partial charge in [0.1, 0.15) is 11.6 Å². The predicted octanol–water partition coefficient (Wildman–Crippen LogP) is 2.09. The van der Waals surface area contributed by atoms with Crippen molar-refractivity contribution in [3.63, 3.8) is 0 Å². The highest BCUT2D eigenvalue weighted by Gasteiger charge is 2.25. The van der Waals surface area contributed by atoms with Gasteiger partial charge in [0.2, 0.25) is 0 Å². The summed E-state index contributed by atoms with van der Waals surface area (Å²) in [6.45, 7) is -0.132. The Morgan fingerprint density at radius 2 is 1.84 bits per heavy atom. The van der Waals surface area contributed by atoms with Crippen molar-refractivity contribution in [2.45, 2.75) is 11.4 Å². The molecule has 2 rings (SSSR count). The molecule has 0 saturated carbocycles. The molecular formula is C15H15N3O6S. The Morgan fingerprint density at radius 3 is 2.40 bits per heavy atom. The third-order valence-corrected chi connectivity index (χ3v) is 4.99. The van der Waals surface area contributed by atoms with E-state index >= 15 is 0 Å². The van der Waals surface area contributed by atoms with Gasteiger partial charge in [-0.3, -0.25) is 15.0 Å². The summed E-state index contributed by atoms with van der Waals surface area (Å²) >= 11 is 0. The zero-order chi connectivity index (χ0) is 18.6. The topological polar surface area (TPSA) is 144 Å². The molecular weight excluding hydrogens is 350 g/mol. The maximum Gasteiger partial charge on any atom is 0.408 e. The molecule has 0 aliphatic heterocycles. The van der Waals surface area contributed by atoms with Gasteiger partial charge in [-0.05, 0) is 17.7 Å². The van der Waals surface area contributed by atoms with Crippen LogP contribution in [-0.2, 0) is 16.4 Å². The molecule has 1 amide bonds. The summed E-state index contributed by atoms with van der Waals surface area (Å²) in [5.41, 5.74) is 5.33. The van der Waals surface area contributed by atoms with Crippen LogP contribution >= 0.6 is 0 Å². The fourth-order valence-corrected chi connectivity index (χ4v) is 3.45. The van der Waals surface area contributed by atoms with Gasteiger partial charge in [0.15, 0.2) is 9.84 Å². The third-order valence-electron chi connectivity index (χ3n) is 3.37. The first kappa shape index (κ1) is 18.2. The van der Waals surface area contributed by atoms with Crippen LogP contribution in [0.15, 0.2) is 53.4 Å². The average molecular weight is 365 g/mol. The Balaban J connectivity index is 2.30. The van der Waals surface area contributed by atoms with Crippen LogP contribution in [0.1, 0.15) is 5.56 Å². The van der Waals surface area contributed by atoms with Crippen LogP contribution in [0.2, 0.25) is 0 Å². The number of nitro benzene ring substituents is 1. The number of benzene rings is 2. The zero-order valence-corrected chi connectivity index (χ0v) is 13.7. The minimum absolute atomic E-state index is 0.132. The number of hydrogen-bond donors (Lipinski definition) is 2. The lowest BCUT2D eigenvalue weighted by Gasteiger charge is -2.19. The number of nitro groups is 1. The minimum Gasteiger partial charge on any atom is -0.465 e. The lowest BCUT2D eigenvalue weighted by molar-refractivity contribution is -0.384. The van der Waals surface area contributed by atoms with Gasteiger partial charge in [-0.2, -0.15) is 0 Å². The molecule has 2 aromatic carbocycles. The van der Waals surface area contributed by atoms with Crippen molar-refractivity contribution in [3.8, 4) is 0 Å². The quantitative estimate of drug-likeness (QED) is 0.453. The highest BCUT2D eigenvalue weighted by molar-refractivity contribution is 7.91. The smallest absolute Gasteiger partial charge is 0.408 e. The number of nitrogen functional groups attached to an aromatic ring is 1. The van der Waals surface area contributed by atoms with Gasteiger partial charge >= 0.3 is 6.09 Å². The molecule has 0 aromatic heterocycles. The summed E-state index contributed by atoms with van der Waals surface area (Å²) in [7, 11) is -4.11. The monoisotopic (exact) mass is 365 g/mol. The van der Waals surface area contributed by atoms with Crippen molar-refractivity contribution in [2.24, 2.45) is 0 Å². The first-order valence-corrected chi connectivity index (χ1v) is 8.64. The Labute approximate surface area is 143 Å². The molecule has 0 unspecified atom stereocenters. The Bertz CT molecular complexity index is 899. The second-order valence-electron chi connectivity index (χ2n) is 5.19. The molecule has 0 saturated heterocycles. The van der Waals surface area contributed by atoms with Gasteiger partial charge in [-0.1, -0.05) is 30.3 Å². The number of amides is 1. The van der Waals surface area contributed by atoms with Gasteiger partial charge in [0.25, 0.3) is 5.69 Å². The van der Waals surface area contributed by atoms with Gasteiger partial charge < -0.3 is 10.8 Å². The van der Waals surface area contributed by atoms with E-state index in [1.165, 1.54) is 0 Å². The molecule has 0 heterocycles. The fourth-order valence-electron chi connectivity index (χ4n) is 2.13. The SMILES string of the molecule is Nc1ccc(S(=O)(=O)CN(Cc2ccccc2)C(=O)O)cc1[N+](=O)[O-]. The molecule has 0 bridgehead atoms. The van der Waals surface area contributed by atoms with Crippen LogP contribution in [0.3, 0.4) is 0 Å². The van der Waals surface area contributed by atoms with E-state index < -0.39 is 32.4 Å². The highest BCUT2D eigenvalue weighted by atomic mass is 32.2. The highest BCUT2D eigenvalue weighted by Crippen LogP contribution is 2.26. The number of nitrogens with zero attached hydrogens (tertiary/aromatic N) is 2. The molecule has 0 spiro atoms. The predicted molar refractivity (Wildman–Crippen MR) is 89.6 cm³/mol. The zero-order valence-electron chi connectivity index (χ0n) is 12.9. The molecule has 9 nitrogen and oxygen atoms in total. The summed E-state index contributed by atoms with van der Waals surface area (Å²) in [5.74, 6) is -0.835. The van der Waals surface area contributed by atoms with Crippen LogP contribution in [0.25, 0.3) is 0 Å². The van der Waals surface area contributed by atoms with Gasteiger partial charge in [0, 0.05) is 6.07 Å². The molecule has 0 atom stereocenters. The Morgan fingerprint density at radius 1 is 1.20 bits per heavy atom. The first-order valence-electron chi connectivity index (χ1n) is 6.99. The molecule has 3 N–H and O–H groups in total. The van der Waals surface area contributed by atoms with E-state index in [2.05, 4.69) is 0 Å². The largest absolute Gasteiger partial charge is 0.465 e. The summed E-state index contributed by atoms with van der Waals surface area (Å²) in [6, 6.07) is 11.5. The van der Waals surface area contributed by atoms with Crippen LogP contribution in [0, 0.1) is 10.1 Å². The molecule has 0 aliphatic rings. The van der Waals surface area contributed by atoms with E-state index in [9.17, 15) is 28.4 Å². The summed E-state index contributed by atoms with van der Waals surface area (Å²) < 4.78 is 24.9. The van der Waals surface area contributed by atoms with Gasteiger partial charge in [-0.15, -0.1) is 0 Å². The van der Waals surface area contributed by atoms with E-state index in [-0.39, 0.29) is 17.1 Å². The second kappa shape index (κ2) is 7.18. The van der Waals surface area contributed by atoms with Crippen LogP contribution in [0.5, 0.6) is 0 Å². The molecule has 132 valence electrons. The van der Waals surface area contributed by atoms with Crippen LogP contribution in [0.4, 0.5) is 16.2 Å². The van der Waals surface area contributed by atoms with Crippen LogP contribution in [-0.4, -0.2) is 35.3 Å². The van der Waals surface area contributed by atoms with E-state index in [4.69, 9.17) is 5.73 Å². The third kappa shape index (κ3) is 4.44. The van der Waals surface area contributed by atoms with Crippen molar-refractivity contribution < 1.29 is 23.2 Å². The van der Waals surface area contributed by atoms with E-state index in [1.54, 1.807) is 30.3 Å². The number of hydrogen-bond acceptors (Lipinski definition) is 6. The molecule has 10 heteroatoms. The van der Waals surface area contributed by atoms with Gasteiger partial charge in [0.05, 0.1) is 16.4 Å². The second-order valence-corrected chi connectivity index (χ2v) is 7.15. The van der Waals surface area contributed by atoms with E-state index in [0.717, 1.165) is 18.2 Å². The standard InChI is InChI=1S/C15H15N3O6S/c16-13-7-6-12(8-14(13)18(21)22)25(23,24)10-17(15(19)20)9-11-4-2-1-3-5-11/h1-8H,9-10,16H2,(H,19,20). The number of carbonyl (C=O) groups is 1. The summed E-state index contributed by atoms with van der Waals surface area (Å²) in [4.78, 5) is 21.8. The number of anilines is 1. The van der Waals surface area contributed by atoms with Crippen LogP contribution < -0.4 is 5.73 Å². The summed E-state index contributed by atoms with van der Waals surface area (Å²) in [6.07, 6.45) is -1.42. The van der Waals surface area contributed by atoms with E-state index in [0.29, 0.717) is 10.5 Å². The molecule has 0 fully saturated rings. The first-order chi connectivity index (χ1) is 11.7. The average Bonchev–Trinajstić information content (AvgIpc) is 2.54. The maximum atomic E-state index is 12.5. The van der Waals surface area contributed by atoms with Gasteiger partial charge in [-0.25, -0.2) is 13.2 Å². The summed E-state index contributed by atoms with van der Waals surface area (Å²) in [5, 5.41) is 20.2. The molecule has 25 heavy (non-hydrogen) atoms. The molecule has 0 radical (unpaired) electrons. The molecule has 0 aliphatic carbocycles. The van der Waals surface area contributed by atoms with Crippen molar-refractivity contribution >= 4 is 27.3 Å². The number of sulfone groups is 1. The normalized spacial score (nSPS) is 11.0. The van der Waals surface area contributed by atoms with Crippen molar-refractivity contribution in [3.05, 3.63) is 64.2 Å². The fraction of sp³-hybridized carbons (Fsp3) is 0.133. The lowest BCUT2D eigenvalue weighted by Crippen LogP contribution is -2.34.